The molecule has 1 N–H and O–H groups in total. The lowest BCUT2D eigenvalue weighted by Gasteiger charge is -2.23. The molecule has 0 aliphatic heterocycles. The van der Waals surface area contributed by atoms with Gasteiger partial charge in [-0.2, -0.15) is 11.8 Å². The lowest BCUT2D eigenvalue weighted by Crippen LogP contribution is -2.38. The number of aliphatic imine (C=N–C) groups is 1. The van der Waals surface area contributed by atoms with Crippen LogP contribution in [0.15, 0.2) is 35.8 Å². The van der Waals surface area contributed by atoms with Crippen LogP contribution in [0.2, 0.25) is 0 Å². The van der Waals surface area contributed by atoms with Crippen LogP contribution in [0.25, 0.3) is 0 Å². The van der Waals surface area contributed by atoms with Crippen molar-refractivity contribution in [1.82, 2.24) is 10.2 Å². The molecule has 0 atom stereocenters. The largest absolute Gasteiger partial charge is 0.497 e. The van der Waals surface area contributed by atoms with Crippen molar-refractivity contribution >= 4 is 17.7 Å². The fourth-order valence-electron chi connectivity index (χ4n) is 2.17. The van der Waals surface area contributed by atoms with Crippen molar-refractivity contribution in [3.8, 4) is 11.5 Å². The number of nitrogens with one attached hydrogen (secondary N) is 1. The standard InChI is InChI=1S/C18H29N3O2S/c1-6-11-24-12-10-20-18(19-7-2)21(3)14-15-8-9-16(22-4)13-17(15)23-5/h6,8-9,13H,1,7,10-12,14H2,2-5H3,(H,19,20). The maximum absolute atomic E-state index is 5.47. The molecule has 5 nitrogen and oxygen atoms in total. The molecule has 0 aliphatic carbocycles. The third-order valence-corrected chi connectivity index (χ3v) is 4.27. The molecule has 1 rings (SSSR count). The number of nitrogens with zero attached hydrogens (tertiary/aromatic N) is 2. The molecular formula is C18H29N3O2S. The molecule has 0 radical (unpaired) electrons. The molecule has 0 saturated heterocycles. The molecular weight excluding hydrogens is 322 g/mol. The Balaban J connectivity index is 2.75. The number of hydrogen-bond donors (Lipinski definition) is 1. The highest BCUT2D eigenvalue weighted by atomic mass is 32.2. The number of guanidine groups is 1. The molecule has 0 bridgehead atoms. The van der Waals surface area contributed by atoms with E-state index in [-0.39, 0.29) is 0 Å². The summed E-state index contributed by atoms with van der Waals surface area (Å²) < 4.78 is 10.7. The van der Waals surface area contributed by atoms with E-state index in [1.54, 1.807) is 14.2 Å². The summed E-state index contributed by atoms with van der Waals surface area (Å²) in [6.45, 7) is 8.13. The van der Waals surface area contributed by atoms with Gasteiger partial charge < -0.3 is 19.7 Å². The molecule has 134 valence electrons. The zero-order valence-electron chi connectivity index (χ0n) is 15.2. The van der Waals surface area contributed by atoms with Crippen LogP contribution in [0.3, 0.4) is 0 Å². The molecule has 0 aromatic heterocycles. The summed E-state index contributed by atoms with van der Waals surface area (Å²) in [5, 5.41) is 3.33. The zero-order valence-corrected chi connectivity index (χ0v) is 16.0. The smallest absolute Gasteiger partial charge is 0.193 e. The Morgan fingerprint density at radius 3 is 2.79 bits per heavy atom. The van der Waals surface area contributed by atoms with Crippen LogP contribution in [-0.4, -0.2) is 56.7 Å². The highest BCUT2D eigenvalue weighted by Crippen LogP contribution is 2.25. The van der Waals surface area contributed by atoms with Gasteiger partial charge in [-0.05, 0) is 19.1 Å². The van der Waals surface area contributed by atoms with Crippen LogP contribution in [0, 0.1) is 0 Å². The minimum absolute atomic E-state index is 0.707. The first-order chi connectivity index (χ1) is 11.7. The van der Waals surface area contributed by atoms with Crippen molar-refractivity contribution in [2.75, 3.05) is 45.9 Å². The predicted octanol–water partition coefficient (Wildman–Crippen LogP) is 3.02. The van der Waals surface area contributed by atoms with Crippen LogP contribution >= 0.6 is 11.8 Å². The van der Waals surface area contributed by atoms with Gasteiger partial charge in [0.2, 0.25) is 0 Å². The minimum atomic E-state index is 0.707. The van der Waals surface area contributed by atoms with Crippen molar-refractivity contribution in [2.24, 2.45) is 4.99 Å². The molecule has 0 fully saturated rings. The molecule has 0 aliphatic rings. The van der Waals surface area contributed by atoms with Crippen LogP contribution in [0.5, 0.6) is 11.5 Å². The molecule has 6 heteroatoms. The molecule has 0 spiro atoms. The molecule has 0 heterocycles. The number of hydrogen-bond acceptors (Lipinski definition) is 4. The van der Waals surface area contributed by atoms with Gasteiger partial charge in [-0.15, -0.1) is 6.58 Å². The minimum Gasteiger partial charge on any atom is -0.497 e. The monoisotopic (exact) mass is 351 g/mol. The molecule has 0 amide bonds. The summed E-state index contributed by atoms with van der Waals surface area (Å²) in [4.78, 5) is 6.78. The van der Waals surface area contributed by atoms with Gasteiger partial charge in [0.05, 0.1) is 20.8 Å². The van der Waals surface area contributed by atoms with Gasteiger partial charge in [0.25, 0.3) is 0 Å². The Morgan fingerprint density at radius 2 is 2.17 bits per heavy atom. The number of benzene rings is 1. The van der Waals surface area contributed by atoms with E-state index in [0.717, 1.165) is 47.6 Å². The van der Waals surface area contributed by atoms with E-state index in [0.29, 0.717) is 6.54 Å². The lowest BCUT2D eigenvalue weighted by atomic mass is 10.2. The Labute approximate surface area is 150 Å². The number of rotatable bonds is 10. The van der Waals surface area contributed by atoms with Crippen molar-refractivity contribution < 1.29 is 9.47 Å². The van der Waals surface area contributed by atoms with Gasteiger partial charge in [-0.3, -0.25) is 4.99 Å². The topological polar surface area (TPSA) is 46.1 Å². The van der Waals surface area contributed by atoms with Crippen LogP contribution in [0.1, 0.15) is 12.5 Å². The van der Waals surface area contributed by atoms with Gasteiger partial charge in [-0.1, -0.05) is 6.08 Å². The lowest BCUT2D eigenvalue weighted by molar-refractivity contribution is 0.382. The van der Waals surface area contributed by atoms with Gasteiger partial charge >= 0.3 is 0 Å². The van der Waals surface area contributed by atoms with Gasteiger partial charge in [0, 0.05) is 43.3 Å². The van der Waals surface area contributed by atoms with Gasteiger partial charge in [0.15, 0.2) is 5.96 Å². The summed E-state index contributed by atoms with van der Waals surface area (Å²) in [6, 6.07) is 5.87. The highest BCUT2D eigenvalue weighted by Gasteiger charge is 2.11. The first-order valence-electron chi connectivity index (χ1n) is 8.05. The van der Waals surface area contributed by atoms with Crippen molar-refractivity contribution in [2.45, 2.75) is 13.5 Å². The number of methoxy groups -OCH3 is 2. The molecule has 0 saturated carbocycles. The third kappa shape index (κ3) is 6.74. The summed E-state index contributed by atoms with van der Waals surface area (Å²) >= 11 is 1.83. The Bertz CT molecular complexity index is 535. The van der Waals surface area contributed by atoms with E-state index in [1.165, 1.54) is 0 Å². The second-order valence-electron chi connectivity index (χ2n) is 5.13. The van der Waals surface area contributed by atoms with E-state index in [9.17, 15) is 0 Å². The first-order valence-corrected chi connectivity index (χ1v) is 9.20. The summed E-state index contributed by atoms with van der Waals surface area (Å²) in [7, 11) is 5.36. The van der Waals surface area contributed by atoms with Crippen LogP contribution in [-0.2, 0) is 6.54 Å². The van der Waals surface area contributed by atoms with E-state index in [2.05, 4.69) is 28.7 Å². The molecule has 1 aromatic carbocycles. The normalized spacial score (nSPS) is 11.1. The zero-order chi connectivity index (χ0) is 17.8. The number of thioether (sulfide) groups is 1. The van der Waals surface area contributed by atoms with Crippen molar-refractivity contribution in [3.05, 3.63) is 36.4 Å². The van der Waals surface area contributed by atoms with Crippen LogP contribution < -0.4 is 14.8 Å². The fraction of sp³-hybridized carbons (Fsp3) is 0.500. The summed E-state index contributed by atoms with van der Waals surface area (Å²) in [5.74, 6) is 4.46. The number of ether oxygens (including phenoxy) is 2. The van der Waals surface area contributed by atoms with Gasteiger partial charge in [-0.25, -0.2) is 0 Å². The molecule has 24 heavy (non-hydrogen) atoms. The maximum atomic E-state index is 5.47. The summed E-state index contributed by atoms with van der Waals surface area (Å²) in [5.41, 5.74) is 1.09. The average Bonchev–Trinajstić information content (AvgIpc) is 2.60. The Morgan fingerprint density at radius 1 is 1.38 bits per heavy atom. The van der Waals surface area contributed by atoms with Crippen molar-refractivity contribution in [3.63, 3.8) is 0 Å². The Hall–Kier alpha value is -1.82. The maximum Gasteiger partial charge on any atom is 0.193 e. The predicted molar refractivity (Wildman–Crippen MR) is 105 cm³/mol. The third-order valence-electron chi connectivity index (χ3n) is 3.33. The first kappa shape index (κ1) is 20.2. The van der Waals surface area contributed by atoms with E-state index in [1.807, 2.05) is 43.1 Å². The quantitative estimate of drug-likeness (QED) is 0.304. The second-order valence-corrected chi connectivity index (χ2v) is 6.28. The van der Waals surface area contributed by atoms with Crippen molar-refractivity contribution in [1.29, 1.82) is 0 Å². The van der Waals surface area contributed by atoms with Crippen LogP contribution in [0.4, 0.5) is 0 Å². The van der Waals surface area contributed by atoms with Gasteiger partial charge in [0.1, 0.15) is 11.5 Å². The second kappa shape index (κ2) is 11.7. The van der Waals surface area contributed by atoms with E-state index in [4.69, 9.17) is 9.47 Å². The molecule has 1 aromatic rings. The summed E-state index contributed by atoms with van der Waals surface area (Å²) in [6.07, 6.45) is 1.92. The SMILES string of the molecule is C=CCSCCN=C(NCC)N(C)Cc1ccc(OC)cc1OC. The molecule has 0 unspecified atom stereocenters. The average molecular weight is 352 g/mol. The highest BCUT2D eigenvalue weighted by molar-refractivity contribution is 7.99. The van der Waals surface area contributed by atoms with E-state index < -0.39 is 0 Å². The fourth-order valence-corrected chi connectivity index (χ4v) is 2.72. The van der Waals surface area contributed by atoms with E-state index >= 15 is 0 Å². The Kier molecular flexibility index (Phi) is 9.84.